The SMILES string of the molecule is CN=C(NN)N(CCCOC)CCOC. The van der Waals surface area contributed by atoms with Crippen molar-refractivity contribution in [2.45, 2.75) is 6.42 Å². The number of nitrogens with zero attached hydrogens (tertiary/aromatic N) is 2. The first-order chi connectivity index (χ1) is 7.29. The number of hydrogen-bond acceptors (Lipinski definition) is 4. The third-order valence-corrected chi connectivity index (χ3v) is 1.98. The minimum absolute atomic E-state index is 0.647. The Morgan fingerprint density at radius 2 is 1.93 bits per heavy atom. The van der Waals surface area contributed by atoms with Crippen molar-refractivity contribution in [1.29, 1.82) is 0 Å². The molecule has 0 aromatic heterocycles. The zero-order valence-corrected chi connectivity index (χ0v) is 9.82. The molecule has 0 heterocycles. The van der Waals surface area contributed by atoms with Gasteiger partial charge in [-0.2, -0.15) is 0 Å². The van der Waals surface area contributed by atoms with Crippen LogP contribution < -0.4 is 11.3 Å². The van der Waals surface area contributed by atoms with E-state index in [1.165, 1.54) is 0 Å². The van der Waals surface area contributed by atoms with Gasteiger partial charge >= 0.3 is 0 Å². The molecule has 3 N–H and O–H groups in total. The quantitative estimate of drug-likeness (QED) is 0.197. The van der Waals surface area contributed by atoms with Crippen LogP contribution in [-0.4, -0.2) is 58.4 Å². The van der Waals surface area contributed by atoms with Gasteiger partial charge in [0.05, 0.1) is 6.61 Å². The number of nitrogens with one attached hydrogen (secondary N) is 1. The Balaban J connectivity index is 4.04. The molecule has 0 amide bonds. The van der Waals surface area contributed by atoms with Crippen LogP contribution in [-0.2, 0) is 9.47 Å². The molecule has 0 radical (unpaired) electrons. The summed E-state index contributed by atoms with van der Waals surface area (Å²) in [7, 11) is 5.06. The summed E-state index contributed by atoms with van der Waals surface area (Å²) in [6, 6.07) is 0. The van der Waals surface area contributed by atoms with Crippen LogP contribution in [0.15, 0.2) is 4.99 Å². The lowest BCUT2D eigenvalue weighted by Crippen LogP contribution is -2.46. The van der Waals surface area contributed by atoms with Gasteiger partial charge in [-0.3, -0.25) is 10.4 Å². The van der Waals surface area contributed by atoms with Crippen molar-refractivity contribution in [2.24, 2.45) is 10.8 Å². The normalized spacial score (nSPS) is 11.6. The zero-order valence-electron chi connectivity index (χ0n) is 9.82. The number of methoxy groups -OCH3 is 2. The molecule has 6 heteroatoms. The lowest BCUT2D eigenvalue weighted by Gasteiger charge is -2.24. The Kier molecular flexibility index (Phi) is 9.15. The predicted molar refractivity (Wildman–Crippen MR) is 60.6 cm³/mol. The Bertz CT molecular complexity index is 175. The van der Waals surface area contributed by atoms with Gasteiger partial charge in [0.1, 0.15) is 0 Å². The third-order valence-electron chi connectivity index (χ3n) is 1.98. The number of hydrogen-bond donors (Lipinski definition) is 2. The van der Waals surface area contributed by atoms with Gasteiger partial charge in [0.2, 0.25) is 5.96 Å². The topological polar surface area (TPSA) is 72.1 Å². The molecule has 0 fully saturated rings. The summed E-state index contributed by atoms with van der Waals surface area (Å²) < 4.78 is 10.0. The number of guanidine groups is 1. The largest absolute Gasteiger partial charge is 0.385 e. The van der Waals surface area contributed by atoms with Crippen molar-refractivity contribution in [1.82, 2.24) is 10.3 Å². The molecule has 0 aromatic carbocycles. The smallest absolute Gasteiger partial charge is 0.208 e. The summed E-state index contributed by atoms with van der Waals surface area (Å²) in [5.41, 5.74) is 2.57. The minimum atomic E-state index is 0.647. The van der Waals surface area contributed by atoms with Crippen molar-refractivity contribution in [3.8, 4) is 0 Å². The molecule has 0 atom stereocenters. The number of ether oxygens (including phenoxy) is 2. The van der Waals surface area contributed by atoms with E-state index in [1.54, 1.807) is 21.3 Å². The number of nitrogens with two attached hydrogens (primary N) is 1. The van der Waals surface area contributed by atoms with Crippen LogP contribution in [0.5, 0.6) is 0 Å². The van der Waals surface area contributed by atoms with Crippen LogP contribution in [0.1, 0.15) is 6.42 Å². The van der Waals surface area contributed by atoms with Gasteiger partial charge in [0.15, 0.2) is 0 Å². The van der Waals surface area contributed by atoms with Crippen LogP contribution >= 0.6 is 0 Å². The molecule has 0 aromatic rings. The molecule has 15 heavy (non-hydrogen) atoms. The van der Waals surface area contributed by atoms with Gasteiger partial charge < -0.3 is 14.4 Å². The maximum Gasteiger partial charge on any atom is 0.208 e. The van der Waals surface area contributed by atoms with Crippen molar-refractivity contribution in [3.05, 3.63) is 0 Å². The summed E-state index contributed by atoms with van der Waals surface area (Å²) >= 11 is 0. The highest BCUT2D eigenvalue weighted by Crippen LogP contribution is 1.93. The number of rotatable bonds is 7. The fraction of sp³-hybridized carbons (Fsp3) is 0.889. The monoisotopic (exact) mass is 218 g/mol. The molecule has 0 rings (SSSR count). The molecular formula is C9H22N4O2. The van der Waals surface area contributed by atoms with Crippen molar-refractivity contribution < 1.29 is 9.47 Å². The van der Waals surface area contributed by atoms with E-state index in [0.717, 1.165) is 26.1 Å². The van der Waals surface area contributed by atoms with Crippen LogP contribution in [0.4, 0.5) is 0 Å². The first-order valence-corrected chi connectivity index (χ1v) is 4.96. The molecule has 0 aliphatic carbocycles. The Morgan fingerprint density at radius 3 is 2.40 bits per heavy atom. The van der Waals surface area contributed by atoms with E-state index in [1.807, 2.05) is 4.90 Å². The molecule has 0 aliphatic heterocycles. The second-order valence-electron chi connectivity index (χ2n) is 3.02. The van der Waals surface area contributed by atoms with E-state index in [2.05, 4.69) is 10.4 Å². The van der Waals surface area contributed by atoms with Gasteiger partial charge in [0, 0.05) is 41.0 Å². The Morgan fingerprint density at radius 1 is 1.27 bits per heavy atom. The van der Waals surface area contributed by atoms with E-state index in [4.69, 9.17) is 15.3 Å². The van der Waals surface area contributed by atoms with Crippen LogP contribution in [0.3, 0.4) is 0 Å². The van der Waals surface area contributed by atoms with Gasteiger partial charge in [-0.25, -0.2) is 5.84 Å². The Hall–Kier alpha value is -0.850. The second-order valence-corrected chi connectivity index (χ2v) is 3.02. The number of aliphatic imine (C=N–C) groups is 1. The molecular weight excluding hydrogens is 196 g/mol. The average Bonchev–Trinajstić information content (AvgIpc) is 2.26. The maximum absolute atomic E-state index is 5.37. The van der Waals surface area contributed by atoms with E-state index < -0.39 is 0 Å². The van der Waals surface area contributed by atoms with E-state index in [9.17, 15) is 0 Å². The second kappa shape index (κ2) is 9.70. The van der Waals surface area contributed by atoms with Crippen LogP contribution in [0.2, 0.25) is 0 Å². The van der Waals surface area contributed by atoms with Gasteiger partial charge in [-0.05, 0) is 6.42 Å². The van der Waals surface area contributed by atoms with E-state index in [0.29, 0.717) is 12.6 Å². The standard InChI is InChI=1S/C9H22N4O2/c1-11-9(12-10)13(6-8-15-3)5-4-7-14-2/h4-8,10H2,1-3H3,(H,11,12). The summed E-state index contributed by atoms with van der Waals surface area (Å²) in [6.45, 7) is 2.98. The van der Waals surface area contributed by atoms with E-state index >= 15 is 0 Å². The lowest BCUT2D eigenvalue weighted by molar-refractivity contribution is 0.159. The molecule has 0 spiro atoms. The first-order valence-electron chi connectivity index (χ1n) is 4.96. The molecule has 0 aliphatic rings. The highest BCUT2D eigenvalue weighted by molar-refractivity contribution is 5.79. The highest BCUT2D eigenvalue weighted by Gasteiger charge is 2.08. The summed E-state index contributed by atoms with van der Waals surface area (Å²) in [5, 5.41) is 0. The predicted octanol–water partition coefficient (Wildman–Crippen LogP) is -0.580. The fourth-order valence-corrected chi connectivity index (χ4v) is 1.22. The van der Waals surface area contributed by atoms with Crippen molar-refractivity contribution >= 4 is 5.96 Å². The summed E-state index contributed by atoms with van der Waals surface area (Å²) in [4.78, 5) is 6.08. The Labute approximate surface area is 91.4 Å². The number of hydrazine groups is 1. The maximum atomic E-state index is 5.37. The van der Waals surface area contributed by atoms with Gasteiger partial charge in [0.25, 0.3) is 0 Å². The van der Waals surface area contributed by atoms with Crippen LogP contribution in [0, 0.1) is 0 Å². The minimum Gasteiger partial charge on any atom is -0.385 e. The third kappa shape index (κ3) is 6.27. The molecule has 0 bridgehead atoms. The van der Waals surface area contributed by atoms with Crippen LogP contribution in [0.25, 0.3) is 0 Å². The molecule has 90 valence electrons. The highest BCUT2D eigenvalue weighted by atomic mass is 16.5. The first kappa shape index (κ1) is 14.2. The molecule has 0 saturated heterocycles. The van der Waals surface area contributed by atoms with E-state index in [-0.39, 0.29) is 0 Å². The lowest BCUT2D eigenvalue weighted by atomic mass is 10.4. The molecule has 6 nitrogen and oxygen atoms in total. The van der Waals surface area contributed by atoms with Gasteiger partial charge in [-0.15, -0.1) is 0 Å². The summed E-state index contributed by atoms with van der Waals surface area (Å²) in [5.74, 6) is 6.04. The molecule has 0 unspecified atom stereocenters. The zero-order chi connectivity index (χ0) is 11.5. The average molecular weight is 218 g/mol. The molecule has 0 saturated carbocycles. The fourth-order valence-electron chi connectivity index (χ4n) is 1.22. The van der Waals surface area contributed by atoms with Crippen molar-refractivity contribution in [3.63, 3.8) is 0 Å². The van der Waals surface area contributed by atoms with Gasteiger partial charge in [-0.1, -0.05) is 0 Å². The summed E-state index contributed by atoms with van der Waals surface area (Å²) in [6.07, 6.45) is 0.931. The van der Waals surface area contributed by atoms with Crippen molar-refractivity contribution in [2.75, 3.05) is 47.6 Å².